The van der Waals surface area contributed by atoms with E-state index in [1.807, 2.05) is 13.8 Å². The zero-order valence-corrected chi connectivity index (χ0v) is 15.1. The Bertz CT molecular complexity index is 847. The molecule has 2 N–H and O–H groups in total. The number of hydrogen-bond donors (Lipinski definition) is 2. The van der Waals surface area contributed by atoms with E-state index in [2.05, 4.69) is 20.6 Å². The lowest BCUT2D eigenvalue weighted by Gasteiger charge is -2.30. The van der Waals surface area contributed by atoms with Gasteiger partial charge in [-0.05, 0) is 43.0 Å². The van der Waals surface area contributed by atoms with Gasteiger partial charge in [0.15, 0.2) is 5.78 Å². The highest BCUT2D eigenvalue weighted by Crippen LogP contribution is 2.35. The zero-order chi connectivity index (χ0) is 18.2. The molecule has 2 amide bonds. The van der Waals surface area contributed by atoms with E-state index in [4.69, 9.17) is 11.6 Å². The molecular weight excluding hydrogens is 340 g/mol. The Labute approximate surface area is 151 Å². The van der Waals surface area contributed by atoms with Crippen molar-refractivity contribution in [2.75, 3.05) is 10.6 Å². The second-order valence-corrected chi connectivity index (χ2v) is 7.42. The Balaban J connectivity index is 1.79. The van der Waals surface area contributed by atoms with Gasteiger partial charge >= 0.3 is 6.03 Å². The summed E-state index contributed by atoms with van der Waals surface area (Å²) in [7, 11) is 0. The number of anilines is 2. The van der Waals surface area contributed by atoms with Crippen LogP contribution >= 0.6 is 11.6 Å². The Hall–Kier alpha value is -2.47. The third-order valence-corrected chi connectivity index (χ3v) is 4.31. The maximum atomic E-state index is 12.3. The van der Waals surface area contributed by atoms with Crippen LogP contribution in [0.4, 0.5) is 16.4 Å². The Morgan fingerprint density at radius 3 is 2.48 bits per heavy atom. The molecule has 25 heavy (non-hydrogen) atoms. The molecular formula is C18H19ClN4O2. The standard InChI is InChI=1S/C18H19ClN4O2/c1-10-15-13(8-18(2,3)9-14(15)24)22-16(20-10)23-17(25)21-12-6-4-11(19)5-7-12/h4-7H,8-9H2,1-3H3,(H2,20,21,22,23,25). The van der Waals surface area contributed by atoms with Crippen LogP contribution in [0.1, 0.15) is 42.0 Å². The van der Waals surface area contributed by atoms with E-state index in [0.717, 1.165) is 0 Å². The van der Waals surface area contributed by atoms with Crippen LogP contribution in [0.25, 0.3) is 0 Å². The van der Waals surface area contributed by atoms with Gasteiger partial charge in [-0.2, -0.15) is 0 Å². The van der Waals surface area contributed by atoms with Crippen molar-refractivity contribution in [2.24, 2.45) is 5.41 Å². The van der Waals surface area contributed by atoms with E-state index in [1.165, 1.54) is 0 Å². The van der Waals surface area contributed by atoms with Crippen LogP contribution in [0, 0.1) is 12.3 Å². The second kappa shape index (κ2) is 6.44. The lowest BCUT2D eigenvalue weighted by Crippen LogP contribution is -2.30. The van der Waals surface area contributed by atoms with Crippen LogP contribution in [0.15, 0.2) is 24.3 Å². The van der Waals surface area contributed by atoms with Gasteiger partial charge in [0, 0.05) is 17.1 Å². The number of hydrogen-bond acceptors (Lipinski definition) is 4. The van der Waals surface area contributed by atoms with Gasteiger partial charge in [0.1, 0.15) is 0 Å². The molecule has 0 saturated heterocycles. The number of ketones is 1. The minimum Gasteiger partial charge on any atom is -0.308 e. The fourth-order valence-corrected chi connectivity index (χ4v) is 3.14. The van der Waals surface area contributed by atoms with Crippen molar-refractivity contribution in [3.05, 3.63) is 46.2 Å². The molecule has 0 spiro atoms. The molecule has 0 saturated carbocycles. The van der Waals surface area contributed by atoms with Crippen LogP contribution < -0.4 is 10.6 Å². The molecule has 1 aliphatic carbocycles. The number of rotatable bonds is 2. The van der Waals surface area contributed by atoms with E-state index in [9.17, 15) is 9.59 Å². The number of nitrogens with zero attached hydrogens (tertiary/aromatic N) is 2. The average Bonchev–Trinajstić information content (AvgIpc) is 2.47. The first-order valence-electron chi connectivity index (χ1n) is 7.98. The van der Waals surface area contributed by atoms with Crippen molar-refractivity contribution in [3.63, 3.8) is 0 Å². The molecule has 0 bridgehead atoms. The van der Waals surface area contributed by atoms with Gasteiger partial charge in [-0.25, -0.2) is 14.8 Å². The number of fused-ring (bicyclic) bond motifs is 1. The van der Waals surface area contributed by atoms with Crippen LogP contribution in [0.2, 0.25) is 5.02 Å². The maximum absolute atomic E-state index is 12.3. The van der Waals surface area contributed by atoms with Gasteiger partial charge in [-0.3, -0.25) is 10.1 Å². The zero-order valence-electron chi connectivity index (χ0n) is 14.3. The smallest absolute Gasteiger partial charge is 0.308 e. The summed E-state index contributed by atoms with van der Waals surface area (Å²) < 4.78 is 0. The number of aryl methyl sites for hydroxylation is 1. The first kappa shape index (κ1) is 17.4. The number of Topliss-reactive ketones (excluding diaryl/α,β-unsaturated/α-hetero) is 1. The molecule has 0 aliphatic heterocycles. The van der Waals surface area contributed by atoms with Crippen molar-refractivity contribution in [3.8, 4) is 0 Å². The molecule has 0 radical (unpaired) electrons. The molecule has 3 rings (SSSR count). The predicted molar refractivity (Wildman–Crippen MR) is 97.3 cm³/mol. The fraction of sp³-hybridized carbons (Fsp3) is 0.333. The predicted octanol–water partition coefficient (Wildman–Crippen LogP) is 4.24. The number of halogens is 1. The first-order valence-corrected chi connectivity index (χ1v) is 8.36. The molecule has 2 aromatic rings. The number of aromatic nitrogens is 2. The summed E-state index contributed by atoms with van der Waals surface area (Å²) in [4.78, 5) is 33.1. The third-order valence-electron chi connectivity index (χ3n) is 4.06. The quantitative estimate of drug-likeness (QED) is 0.841. The third kappa shape index (κ3) is 3.96. The fourth-order valence-electron chi connectivity index (χ4n) is 3.01. The van der Waals surface area contributed by atoms with E-state index >= 15 is 0 Å². The Kier molecular flexibility index (Phi) is 4.47. The van der Waals surface area contributed by atoms with Gasteiger partial charge in [0.25, 0.3) is 0 Å². The summed E-state index contributed by atoms with van der Waals surface area (Å²) in [5.41, 5.74) is 2.33. The highest BCUT2D eigenvalue weighted by atomic mass is 35.5. The Morgan fingerprint density at radius 2 is 1.80 bits per heavy atom. The summed E-state index contributed by atoms with van der Waals surface area (Å²) in [6.45, 7) is 5.83. The molecule has 7 heteroatoms. The summed E-state index contributed by atoms with van der Waals surface area (Å²) in [5, 5.41) is 5.90. The minimum absolute atomic E-state index is 0.0564. The summed E-state index contributed by atoms with van der Waals surface area (Å²) in [6, 6.07) is 6.31. The number of amides is 2. The molecule has 0 atom stereocenters. The number of benzene rings is 1. The summed E-state index contributed by atoms with van der Waals surface area (Å²) in [6.07, 6.45) is 1.15. The lowest BCUT2D eigenvalue weighted by molar-refractivity contribution is 0.0909. The van der Waals surface area contributed by atoms with Gasteiger partial charge in [-0.1, -0.05) is 25.4 Å². The maximum Gasteiger partial charge on any atom is 0.326 e. The summed E-state index contributed by atoms with van der Waals surface area (Å²) >= 11 is 5.82. The van der Waals surface area contributed by atoms with E-state index < -0.39 is 6.03 Å². The lowest BCUT2D eigenvalue weighted by atomic mass is 9.75. The van der Waals surface area contributed by atoms with Crippen molar-refractivity contribution < 1.29 is 9.59 Å². The van der Waals surface area contributed by atoms with E-state index in [-0.39, 0.29) is 17.1 Å². The van der Waals surface area contributed by atoms with Gasteiger partial charge in [0.2, 0.25) is 5.95 Å². The van der Waals surface area contributed by atoms with Crippen molar-refractivity contribution in [1.82, 2.24) is 9.97 Å². The molecule has 1 aromatic heterocycles. The topological polar surface area (TPSA) is 84.0 Å². The number of urea groups is 1. The minimum atomic E-state index is -0.455. The number of nitrogens with one attached hydrogen (secondary N) is 2. The van der Waals surface area contributed by atoms with Crippen molar-refractivity contribution in [1.29, 1.82) is 0 Å². The highest BCUT2D eigenvalue weighted by Gasteiger charge is 2.33. The molecule has 1 aromatic carbocycles. The monoisotopic (exact) mass is 358 g/mol. The Morgan fingerprint density at radius 1 is 1.12 bits per heavy atom. The van der Waals surface area contributed by atoms with Gasteiger partial charge < -0.3 is 5.32 Å². The largest absolute Gasteiger partial charge is 0.326 e. The number of carbonyl (C=O) groups is 2. The average molecular weight is 359 g/mol. The highest BCUT2D eigenvalue weighted by molar-refractivity contribution is 6.30. The van der Waals surface area contributed by atoms with Crippen molar-refractivity contribution in [2.45, 2.75) is 33.6 Å². The summed E-state index contributed by atoms with van der Waals surface area (Å²) in [5.74, 6) is 0.245. The van der Waals surface area contributed by atoms with Crippen LogP contribution in [0.3, 0.4) is 0 Å². The van der Waals surface area contributed by atoms with E-state index in [0.29, 0.717) is 40.5 Å². The van der Waals surface area contributed by atoms with Crippen LogP contribution in [-0.2, 0) is 6.42 Å². The van der Waals surface area contributed by atoms with Crippen LogP contribution in [-0.4, -0.2) is 21.8 Å². The van der Waals surface area contributed by atoms with Crippen molar-refractivity contribution >= 4 is 35.1 Å². The second-order valence-electron chi connectivity index (χ2n) is 6.98. The molecule has 6 nitrogen and oxygen atoms in total. The van der Waals surface area contributed by atoms with Crippen LogP contribution in [0.5, 0.6) is 0 Å². The molecule has 1 aliphatic rings. The first-order chi connectivity index (χ1) is 11.7. The molecule has 0 fully saturated rings. The van der Waals surface area contributed by atoms with Gasteiger partial charge in [0.05, 0.1) is 17.0 Å². The number of carbonyl (C=O) groups excluding carboxylic acids is 2. The van der Waals surface area contributed by atoms with E-state index in [1.54, 1.807) is 31.2 Å². The molecule has 0 unspecified atom stereocenters. The molecule has 1 heterocycles. The molecule has 130 valence electrons. The SMILES string of the molecule is Cc1nc(NC(=O)Nc2ccc(Cl)cc2)nc2c1C(=O)CC(C)(C)C2. The normalized spacial score (nSPS) is 15.4. The van der Waals surface area contributed by atoms with Gasteiger partial charge in [-0.15, -0.1) is 0 Å².